The molecule has 0 unspecified atom stereocenters. The summed E-state index contributed by atoms with van der Waals surface area (Å²) < 4.78 is 0. The normalized spacial score (nSPS) is 15.9. The van der Waals surface area contributed by atoms with Crippen LogP contribution < -0.4 is 23.8 Å². The van der Waals surface area contributed by atoms with E-state index >= 15 is 0 Å². The Morgan fingerprint density at radius 3 is 2.42 bits per heavy atom. The number of piperidine rings is 1. The summed E-state index contributed by atoms with van der Waals surface area (Å²) in [5, 5.41) is 9.44. The van der Waals surface area contributed by atoms with Crippen LogP contribution in [0.4, 0.5) is 5.69 Å². The topological polar surface area (TPSA) is 40.5 Å². The van der Waals surface area contributed by atoms with Crippen molar-refractivity contribution >= 4 is 23.3 Å². The van der Waals surface area contributed by atoms with E-state index < -0.39 is 5.97 Å². The maximum atomic E-state index is 10.5. The summed E-state index contributed by atoms with van der Waals surface area (Å²) in [6.07, 6.45) is 3.27. The van der Waals surface area contributed by atoms with Gasteiger partial charge in [0.1, 0.15) is 0 Å². The molecule has 1 aromatic carbocycles. The van der Waals surface area contributed by atoms with Crippen molar-refractivity contribution in [1.29, 1.82) is 0 Å². The van der Waals surface area contributed by atoms with Gasteiger partial charge < -0.3 is 11.4 Å². The van der Waals surface area contributed by atoms with Crippen molar-refractivity contribution in [2.45, 2.75) is 25.7 Å². The fraction of sp³-hybridized carbons (Fsp3) is 0.500. The van der Waals surface area contributed by atoms with Gasteiger partial charge in [-0.3, -0.25) is 4.79 Å². The Hall–Kier alpha value is -0.623. The number of benzene rings is 1. The molecule has 0 radical (unpaired) electrons. The molecule has 0 atom stereocenters. The summed E-state index contributed by atoms with van der Waals surface area (Å²) in [7, 11) is 0. The fourth-order valence-corrected chi connectivity index (χ4v) is 2.59. The Balaban J connectivity index is 0.00000180. The zero-order chi connectivity index (χ0) is 13.0. The van der Waals surface area contributed by atoms with Crippen LogP contribution in [0.2, 0.25) is 5.02 Å². The van der Waals surface area contributed by atoms with Crippen LogP contribution in [0.25, 0.3) is 0 Å². The molecule has 0 amide bonds. The second kappa shape index (κ2) is 7.84. The average molecular weight is 276 g/mol. The van der Waals surface area contributed by atoms with E-state index in [1.807, 2.05) is 24.3 Å². The number of aliphatic carboxylic acids is 1. The van der Waals surface area contributed by atoms with Gasteiger partial charge in [0, 0.05) is 30.2 Å². The summed E-state index contributed by atoms with van der Waals surface area (Å²) in [6.45, 7) is 2.01. The third kappa shape index (κ3) is 5.10. The van der Waals surface area contributed by atoms with E-state index in [9.17, 15) is 4.79 Å². The van der Waals surface area contributed by atoms with Gasteiger partial charge in [0.25, 0.3) is 0 Å². The van der Waals surface area contributed by atoms with Crippen LogP contribution in [0.3, 0.4) is 0 Å². The van der Waals surface area contributed by atoms with Crippen LogP contribution in [0, 0.1) is 5.92 Å². The summed E-state index contributed by atoms with van der Waals surface area (Å²) in [5.74, 6) is -0.125. The minimum Gasteiger partial charge on any atom is -1.00 e. The monoisotopic (exact) mass is 275 g/mol. The maximum absolute atomic E-state index is 10.5. The van der Waals surface area contributed by atoms with Gasteiger partial charge in [-0.25, -0.2) is 0 Å². The summed E-state index contributed by atoms with van der Waals surface area (Å²) in [4.78, 5) is 12.9. The standard InChI is InChI=1S/C14H18ClNO2.Li.H/c15-12-2-4-13(5-3-12)16-9-7-11(8-10-16)1-6-14(17)18;;/h2-5,11H,1,6-10H2,(H,17,18);;/q;+1;-1. The molecule has 0 bridgehead atoms. The molecule has 0 saturated carbocycles. The van der Waals surface area contributed by atoms with Crippen LogP contribution in [-0.4, -0.2) is 24.2 Å². The number of rotatable bonds is 4. The van der Waals surface area contributed by atoms with Gasteiger partial charge in [0.2, 0.25) is 0 Å². The van der Waals surface area contributed by atoms with Gasteiger partial charge in [0.15, 0.2) is 0 Å². The van der Waals surface area contributed by atoms with E-state index in [0.717, 1.165) is 37.4 Å². The molecule has 5 heteroatoms. The number of carboxylic acid groups (broad SMARTS) is 1. The van der Waals surface area contributed by atoms with Crippen LogP contribution in [-0.2, 0) is 4.79 Å². The van der Waals surface area contributed by atoms with Gasteiger partial charge >= 0.3 is 24.8 Å². The Morgan fingerprint density at radius 2 is 1.89 bits per heavy atom. The van der Waals surface area contributed by atoms with E-state index in [2.05, 4.69) is 4.90 Å². The van der Waals surface area contributed by atoms with Gasteiger partial charge in [-0.15, -0.1) is 0 Å². The van der Waals surface area contributed by atoms with E-state index in [1.165, 1.54) is 5.69 Å². The zero-order valence-electron chi connectivity index (χ0n) is 12.3. The molecule has 0 aliphatic carbocycles. The Kier molecular flexibility index (Phi) is 6.78. The van der Waals surface area contributed by atoms with Crippen molar-refractivity contribution in [1.82, 2.24) is 0 Å². The molecule has 1 N–H and O–H groups in total. The molecule has 3 nitrogen and oxygen atoms in total. The average Bonchev–Trinajstić information content (AvgIpc) is 2.38. The van der Waals surface area contributed by atoms with E-state index in [4.69, 9.17) is 16.7 Å². The molecular weight excluding hydrogens is 257 g/mol. The third-order valence-electron chi connectivity index (χ3n) is 3.57. The molecule has 1 fully saturated rings. The van der Waals surface area contributed by atoms with Gasteiger partial charge in [0.05, 0.1) is 0 Å². The van der Waals surface area contributed by atoms with Crippen molar-refractivity contribution in [3.63, 3.8) is 0 Å². The molecule has 2 rings (SSSR count). The van der Waals surface area contributed by atoms with Crippen molar-refractivity contribution in [3.05, 3.63) is 29.3 Å². The second-order valence-electron chi connectivity index (χ2n) is 4.84. The van der Waals surface area contributed by atoms with Crippen molar-refractivity contribution in [2.24, 2.45) is 5.92 Å². The molecule has 1 aromatic rings. The largest absolute Gasteiger partial charge is 1.00 e. The number of carboxylic acids is 1. The van der Waals surface area contributed by atoms with Crippen molar-refractivity contribution in [3.8, 4) is 0 Å². The smallest absolute Gasteiger partial charge is 1.00 e. The van der Waals surface area contributed by atoms with E-state index in [1.54, 1.807) is 0 Å². The third-order valence-corrected chi connectivity index (χ3v) is 3.82. The molecule has 1 saturated heterocycles. The first kappa shape index (κ1) is 16.4. The number of hydrogen-bond donors (Lipinski definition) is 1. The predicted octanol–water partition coefficient (Wildman–Crippen LogP) is 0.538. The first-order chi connectivity index (χ1) is 8.65. The summed E-state index contributed by atoms with van der Waals surface area (Å²) in [5.41, 5.74) is 1.20. The van der Waals surface area contributed by atoms with Gasteiger partial charge in [-0.2, -0.15) is 0 Å². The number of halogens is 1. The van der Waals surface area contributed by atoms with Crippen LogP contribution in [0.5, 0.6) is 0 Å². The first-order valence-corrected chi connectivity index (χ1v) is 6.75. The molecule has 0 spiro atoms. The van der Waals surface area contributed by atoms with E-state index in [-0.39, 0.29) is 20.3 Å². The number of hydrogen-bond acceptors (Lipinski definition) is 2. The van der Waals surface area contributed by atoms with Crippen molar-refractivity contribution in [2.75, 3.05) is 18.0 Å². The van der Waals surface area contributed by atoms with Crippen molar-refractivity contribution < 1.29 is 30.2 Å². The Morgan fingerprint density at radius 1 is 1.32 bits per heavy atom. The van der Waals surface area contributed by atoms with Gasteiger partial charge in [-0.05, 0) is 49.4 Å². The Bertz CT molecular complexity index is 408. The quantitative estimate of drug-likeness (QED) is 0.816. The number of anilines is 1. The zero-order valence-corrected chi connectivity index (χ0v) is 12.1. The molecular formula is C14H19ClLiNO2. The van der Waals surface area contributed by atoms with E-state index in [0.29, 0.717) is 12.3 Å². The minimum atomic E-state index is -0.685. The van der Waals surface area contributed by atoms with Crippen LogP contribution in [0.1, 0.15) is 27.1 Å². The SMILES string of the molecule is O=C(O)CCC1CCN(c2ccc(Cl)cc2)CC1.[H-].[Li+]. The molecule has 19 heavy (non-hydrogen) atoms. The molecule has 1 aliphatic rings. The molecule has 1 aliphatic heterocycles. The predicted molar refractivity (Wildman–Crippen MR) is 74.4 cm³/mol. The number of carbonyl (C=O) groups is 1. The summed E-state index contributed by atoms with van der Waals surface area (Å²) >= 11 is 5.87. The number of nitrogens with zero attached hydrogens (tertiary/aromatic N) is 1. The van der Waals surface area contributed by atoms with Crippen LogP contribution >= 0.6 is 11.6 Å². The molecule has 0 aromatic heterocycles. The molecule has 100 valence electrons. The minimum absolute atomic E-state index is 0. The summed E-state index contributed by atoms with van der Waals surface area (Å²) in [6, 6.07) is 7.90. The maximum Gasteiger partial charge on any atom is 1.00 e. The van der Waals surface area contributed by atoms with Crippen LogP contribution in [0.15, 0.2) is 24.3 Å². The fourth-order valence-electron chi connectivity index (χ4n) is 2.46. The Labute approximate surface area is 132 Å². The first-order valence-electron chi connectivity index (χ1n) is 6.37. The van der Waals surface area contributed by atoms with Gasteiger partial charge in [-0.1, -0.05) is 11.6 Å². The molecule has 1 heterocycles. The second-order valence-corrected chi connectivity index (χ2v) is 5.28.